The van der Waals surface area contributed by atoms with E-state index in [0.29, 0.717) is 23.9 Å². The molecular formula is C10H16ClN5. The van der Waals surface area contributed by atoms with Crippen LogP contribution in [0, 0.1) is 5.92 Å². The molecule has 0 radical (unpaired) electrons. The Morgan fingerprint density at radius 2 is 1.94 bits per heavy atom. The second kappa shape index (κ2) is 4.82. The van der Waals surface area contributed by atoms with Crippen molar-refractivity contribution in [2.45, 2.75) is 32.2 Å². The van der Waals surface area contributed by atoms with E-state index in [-0.39, 0.29) is 5.28 Å². The van der Waals surface area contributed by atoms with Crippen LogP contribution in [0.15, 0.2) is 0 Å². The van der Waals surface area contributed by atoms with Gasteiger partial charge in [-0.15, -0.1) is 0 Å². The second-order valence-electron chi connectivity index (χ2n) is 4.16. The number of nitrogens with zero attached hydrogens (tertiary/aromatic N) is 3. The van der Waals surface area contributed by atoms with Crippen LogP contribution in [0.5, 0.6) is 0 Å². The first kappa shape index (κ1) is 11.4. The van der Waals surface area contributed by atoms with E-state index in [1.54, 1.807) is 7.05 Å². The summed E-state index contributed by atoms with van der Waals surface area (Å²) < 4.78 is 0. The molecule has 2 N–H and O–H groups in total. The van der Waals surface area contributed by atoms with Crippen molar-refractivity contribution in [1.29, 1.82) is 0 Å². The molecule has 0 amide bonds. The van der Waals surface area contributed by atoms with Gasteiger partial charge in [0.05, 0.1) is 0 Å². The summed E-state index contributed by atoms with van der Waals surface area (Å²) in [6, 6.07) is 0.447. The summed E-state index contributed by atoms with van der Waals surface area (Å²) in [5.74, 6) is 1.71. The van der Waals surface area contributed by atoms with Crippen LogP contribution in [0.2, 0.25) is 5.28 Å². The highest BCUT2D eigenvalue weighted by Crippen LogP contribution is 2.27. The minimum Gasteiger partial charge on any atom is -0.357 e. The van der Waals surface area contributed by atoms with Crippen LogP contribution in [0.4, 0.5) is 11.9 Å². The first-order valence-corrected chi connectivity index (χ1v) is 5.92. The Labute approximate surface area is 100 Å². The maximum Gasteiger partial charge on any atom is 0.229 e. The summed E-state index contributed by atoms with van der Waals surface area (Å²) in [7, 11) is 1.76. The summed E-state index contributed by atoms with van der Waals surface area (Å²) >= 11 is 5.81. The molecule has 1 fully saturated rings. The molecule has 6 heteroatoms. The maximum atomic E-state index is 5.81. The zero-order chi connectivity index (χ0) is 11.5. The topological polar surface area (TPSA) is 62.7 Å². The molecule has 1 aliphatic carbocycles. The summed E-state index contributed by atoms with van der Waals surface area (Å²) in [5, 5.41) is 6.39. The van der Waals surface area contributed by atoms with Gasteiger partial charge in [0.15, 0.2) is 0 Å². The molecule has 5 nitrogen and oxygen atoms in total. The van der Waals surface area contributed by atoms with Crippen LogP contribution in [-0.4, -0.2) is 28.0 Å². The van der Waals surface area contributed by atoms with Gasteiger partial charge in [0.25, 0.3) is 0 Å². The SMILES string of the molecule is CNc1nc(Cl)nc(NC2CCCC2C)n1. The van der Waals surface area contributed by atoms with Gasteiger partial charge in [0.2, 0.25) is 17.2 Å². The lowest BCUT2D eigenvalue weighted by Crippen LogP contribution is -2.23. The molecule has 1 heterocycles. The molecule has 0 saturated heterocycles. The van der Waals surface area contributed by atoms with Crippen LogP contribution in [0.25, 0.3) is 0 Å². The van der Waals surface area contributed by atoms with Crippen molar-refractivity contribution in [2.75, 3.05) is 17.7 Å². The number of hydrogen-bond donors (Lipinski definition) is 2. The molecule has 2 rings (SSSR count). The zero-order valence-electron chi connectivity index (χ0n) is 9.50. The van der Waals surface area contributed by atoms with Gasteiger partial charge in [-0.2, -0.15) is 15.0 Å². The van der Waals surface area contributed by atoms with E-state index in [4.69, 9.17) is 11.6 Å². The third-order valence-electron chi connectivity index (χ3n) is 3.01. The molecule has 88 valence electrons. The number of rotatable bonds is 3. The predicted octanol–water partition coefficient (Wildman–Crippen LogP) is 2.17. The molecule has 2 unspecified atom stereocenters. The minimum atomic E-state index is 0.215. The standard InChI is InChI=1S/C10H16ClN5/c1-6-4-3-5-7(6)13-10-15-8(11)14-9(12-2)16-10/h6-7H,3-5H2,1-2H3,(H2,12,13,14,15,16). The fourth-order valence-corrected chi connectivity index (χ4v) is 2.21. The number of aromatic nitrogens is 3. The fraction of sp³-hybridized carbons (Fsp3) is 0.700. The quantitative estimate of drug-likeness (QED) is 0.849. The monoisotopic (exact) mass is 241 g/mol. The third-order valence-corrected chi connectivity index (χ3v) is 3.18. The Morgan fingerprint density at radius 3 is 2.56 bits per heavy atom. The summed E-state index contributed by atoms with van der Waals surface area (Å²) in [6.45, 7) is 2.24. The first-order chi connectivity index (χ1) is 7.69. The van der Waals surface area contributed by atoms with E-state index < -0.39 is 0 Å². The average Bonchev–Trinajstić information content (AvgIpc) is 2.63. The van der Waals surface area contributed by atoms with Gasteiger partial charge in [0.1, 0.15) is 0 Å². The molecule has 2 atom stereocenters. The van der Waals surface area contributed by atoms with E-state index in [0.717, 1.165) is 0 Å². The molecule has 1 aromatic rings. The molecule has 0 aliphatic heterocycles. The summed E-state index contributed by atoms with van der Waals surface area (Å²) in [6.07, 6.45) is 3.69. The maximum absolute atomic E-state index is 5.81. The highest BCUT2D eigenvalue weighted by Gasteiger charge is 2.24. The van der Waals surface area contributed by atoms with Crippen molar-refractivity contribution in [3.05, 3.63) is 5.28 Å². The van der Waals surface area contributed by atoms with Crippen molar-refractivity contribution in [3.8, 4) is 0 Å². The molecule has 1 aliphatic rings. The molecule has 1 aromatic heterocycles. The van der Waals surface area contributed by atoms with Gasteiger partial charge in [-0.05, 0) is 30.4 Å². The second-order valence-corrected chi connectivity index (χ2v) is 4.50. The van der Waals surface area contributed by atoms with Crippen molar-refractivity contribution in [3.63, 3.8) is 0 Å². The molecule has 0 bridgehead atoms. The van der Waals surface area contributed by atoms with Crippen molar-refractivity contribution in [2.24, 2.45) is 5.92 Å². The molecule has 0 aromatic carbocycles. The van der Waals surface area contributed by atoms with Crippen molar-refractivity contribution < 1.29 is 0 Å². The Kier molecular flexibility index (Phi) is 3.43. The largest absolute Gasteiger partial charge is 0.357 e. The van der Waals surface area contributed by atoms with E-state index in [9.17, 15) is 0 Å². The van der Waals surface area contributed by atoms with Crippen LogP contribution < -0.4 is 10.6 Å². The highest BCUT2D eigenvalue weighted by molar-refractivity contribution is 6.28. The fourth-order valence-electron chi connectivity index (χ4n) is 2.05. The van der Waals surface area contributed by atoms with E-state index >= 15 is 0 Å². The van der Waals surface area contributed by atoms with E-state index in [1.165, 1.54) is 19.3 Å². The molecular weight excluding hydrogens is 226 g/mol. The normalized spacial score (nSPS) is 24.4. The van der Waals surface area contributed by atoms with Gasteiger partial charge in [0, 0.05) is 13.1 Å². The average molecular weight is 242 g/mol. The Hall–Kier alpha value is -1.10. The molecule has 16 heavy (non-hydrogen) atoms. The Morgan fingerprint density at radius 1 is 1.19 bits per heavy atom. The van der Waals surface area contributed by atoms with Crippen molar-refractivity contribution in [1.82, 2.24) is 15.0 Å². The summed E-state index contributed by atoms with van der Waals surface area (Å²) in [4.78, 5) is 12.2. The van der Waals surface area contributed by atoms with Gasteiger partial charge in [-0.1, -0.05) is 13.3 Å². The number of nitrogens with one attached hydrogen (secondary N) is 2. The smallest absolute Gasteiger partial charge is 0.229 e. The molecule has 1 saturated carbocycles. The van der Waals surface area contributed by atoms with Crippen LogP contribution in [0.1, 0.15) is 26.2 Å². The minimum absolute atomic E-state index is 0.215. The Balaban J connectivity index is 2.11. The lowest BCUT2D eigenvalue weighted by Gasteiger charge is -2.17. The predicted molar refractivity (Wildman–Crippen MR) is 64.8 cm³/mol. The van der Waals surface area contributed by atoms with Gasteiger partial charge < -0.3 is 10.6 Å². The zero-order valence-corrected chi connectivity index (χ0v) is 10.3. The highest BCUT2D eigenvalue weighted by atomic mass is 35.5. The number of hydrogen-bond acceptors (Lipinski definition) is 5. The lowest BCUT2D eigenvalue weighted by molar-refractivity contribution is 0.553. The Bertz CT molecular complexity index is 370. The first-order valence-electron chi connectivity index (χ1n) is 5.55. The lowest BCUT2D eigenvalue weighted by atomic mass is 10.1. The van der Waals surface area contributed by atoms with Crippen LogP contribution >= 0.6 is 11.6 Å². The summed E-state index contributed by atoms with van der Waals surface area (Å²) in [5.41, 5.74) is 0. The van der Waals surface area contributed by atoms with E-state index in [1.807, 2.05) is 0 Å². The van der Waals surface area contributed by atoms with Gasteiger partial charge in [-0.3, -0.25) is 0 Å². The van der Waals surface area contributed by atoms with Gasteiger partial charge in [-0.25, -0.2) is 0 Å². The number of anilines is 2. The van der Waals surface area contributed by atoms with Crippen LogP contribution in [0.3, 0.4) is 0 Å². The van der Waals surface area contributed by atoms with Gasteiger partial charge >= 0.3 is 0 Å². The number of halogens is 1. The molecule has 0 spiro atoms. The third kappa shape index (κ3) is 2.52. The van der Waals surface area contributed by atoms with E-state index in [2.05, 4.69) is 32.5 Å². The van der Waals surface area contributed by atoms with Crippen LogP contribution in [-0.2, 0) is 0 Å². The van der Waals surface area contributed by atoms with Crippen molar-refractivity contribution >= 4 is 23.5 Å².